The minimum absolute atomic E-state index is 0.630. The summed E-state index contributed by atoms with van der Waals surface area (Å²) in [5.74, 6) is 1.72. The highest BCUT2D eigenvalue weighted by Gasteiger charge is 2.22. The molecule has 0 radical (unpaired) electrons. The fraction of sp³-hybridized carbons (Fsp3) is 0.368. The normalized spacial score (nSPS) is 17.8. The van der Waals surface area contributed by atoms with Crippen LogP contribution in [-0.2, 0) is 6.54 Å². The molecule has 0 spiro atoms. The Morgan fingerprint density at radius 1 is 0.958 bits per heavy atom. The molecule has 1 N–H and O–H groups in total. The predicted octanol–water partition coefficient (Wildman–Crippen LogP) is 2.13. The Balaban J connectivity index is 1.40. The van der Waals surface area contributed by atoms with E-state index in [1.807, 2.05) is 6.07 Å². The number of fused-ring (bicyclic) bond motifs is 1. The van der Waals surface area contributed by atoms with Crippen LogP contribution in [0.5, 0.6) is 11.5 Å². The maximum absolute atomic E-state index is 5.72. The summed E-state index contributed by atoms with van der Waals surface area (Å²) in [4.78, 5) is 4.09. The monoisotopic (exact) mass is 389 g/mol. The van der Waals surface area contributed by atoms with Crippen molar-refractivity contribution >= 4 is 21.6 Å². The highest BCUT2D eigenvalue weighted by Crippen LogP contribution is 2.35. The number of halogens is 1. The second kappa shape index (κ2) is 7.03. The maximum Gasteiger partial charge on any atom is 0.162 e. The van der Waals surface area contributed by atoms with Crippen LogP contribution in [0.2, 0.25) is 0 Å². The molecule has 2 aliphatic rings. The topological polar surface area (TPSA) is 26.1 Å². The highest BCUT2D eigenvalue weighted by atomic mass is 79.9. The van der Waals surface area contributed by atoms with E-state index in [4.69, 9.17) is 9.47 Å². The molecule has 0 bridgehead atoms. The molecule has 0 amide bonds. The Labute approximate surface area is 151 Å². The second-order valence-electron chi connectivity index (χ2n) is 6.34. The minimum Gasteiger partial charge on any atom is -0.486 e. The van der Waals surface area contributed by atoms with Gasteiger partial charge in [-0.3, -0.25) is 0 Å². The van der Waals surface area contributed by atoms with Crippen molar-refractivity contribution in [2.75, 3.05) is 44.3 Å². The van der Waals surface area contributed by atoms with Gasteiger partial charge in [-0.05, 0) is 24.3 Å². The van der Waals surface area contributed by atoms with Crippen LogP contribution in [0.3, 0.4) is 0 Å². The van der Waals surface area contributed by atoms with Crippen LogP contribution in [-0.4, -0.2) is 39.4 Å². The van der Waals surface area contributed by atoms with Gasteiger partial charge in [0.2, 0.25) is 0 Å². The van der Waals surface area contributed by atoms with E-state index in [9.17, 15) is 0 Å². The number of anilines is 1. The van der Waals surface area contributed by atoms with Gasteiger partial charge >= 0.3 is 0 Å². The van der Waals surface area contributed by atoms with Crippen molar-refractivity contribution in [2.45, 2.75) is 6.54 Å². The van der Waals surface area contributed by atoms with E-state index < -0.39 is 0 Å². The van der Waals surface area contributed by atoms with Crippen LogP contribution in [0, 0.1) is 0 Å². The molecule has 0 unspecified atom stereocenters. The first-order valence-electron chi connectivity index (χ1n) is 8.51. The summed E-state index contributed by atoms with van der Waals surface area (Å²) in [7, 11) is 0. The molecule has 0 atom stereocenters. The van der Waals surface area contributed by atoms with E-state index in [0.717, 1.165) is 48.7 Å². The predicted molar refractivity (Wildman–Crippen MR) is 98.2 cm³/mol. The van der Waals surface area contributed by atoms with E-state index in [2.05, 4.69) is 57.2 Å². The largest absolute Gasteiger partial charge is 0.486 e. The van der Waals surface area contributed by atoms with Crippen LogP contribution in [0.15, 0.2) is 46.9 Å². The van der Waals surface area contributed by atoms with Crippen LogP contribution in [0.4, 0.5) is 5.69 Å². The second-order valence-corrected chi connectivity index (χ2v) is 7.19. The van der Waals surface area contributed by atoms with Gasteiger partial charge in [-0.15, -0.1) is 0 Å². The summed E-state index contributed by atoms with van der Waals surface area (Å²) in [6, 6.07) is 14.9. The molecule has 5 heteroatoms. The molecule has 4 rings (SSSR count). The molecular formula is C19H22BrN2O2+. The lowest BCUT2D eigenvalue weighted by Crippen LogP contribution is -3.13. The number of piperazine rings is 1. The van der Waals surface area contributed by atoms with Crippen molar-refractivity contribution in [2.24, 2.45) is 0 Å². The first-order valence-corrected chi connectivity index (χ1v) is 9.30. The standard InChI is InChI=1S/C19H21BrN2O2/c20-17-13-19-18(23-10-11-24-19)12-15(17)14-21-6-8-22(9-7-21)16-4-2-1-3-5-16/h1-5,12-13H,6-11,14H2/p+1. The summed E-state index contributed by atoms with van der Waals surface area (Å²) in [5.41, 5.74) is 2.62. The van der Waals surface area contributed by atoms with Gasteiger partial charge in [0.15, 0.2) is 11.5 Å². The molecule has 2 heterocycles. The van der Waals surface area contributed by atoms with Crippen LogP contribution >= 0.6 is 15.9 Å². The third kappa shape index (κ3) is 3.37. The number of ether oxygens (including phenoxy) is 2. The fourth-order valence-electron chi connectivity index (χ4n) is 3.41. The summed E-state index contributed by atoms with van der Waals surface area (Å²) < 4.78 is 12.5. The zero-order valence-corrected chi connectivity index (χ0v) is 15.2. The van der Waals surface area contributed by atoms with Crippen molar-refractivity contribution in [3.05, 3.63) is 52.5 Å². The van der Waals surface area contributed by atoms with Crippen LogP contribution in [0.25, 0.3) is 0 Å². The van der Waals surface area contributed by atoms with E-state index >= 15 is 0 Å². The molecule has 0 aromatic heterocycles. The lowest BCUT2D eigenvalue weighted by Gasteiger charge is -2.34. The average Bonchev–Trinajstić information content (AvgIpc) is 2.64. The molecule has 2 aliphatic heterocycles. The third-order valence-corrected chi connectivity index (χ3v) is 5.48. The Morgan fingerprint density at radius 2 is 1.62 bits per heavy atom. The molecule has 1 saturated heterocycles. The van der Waals surface area contributed by atoms with Gasteiger partial charge in [-0.2, -0.15) is 0 Å². The van der Waals surface area contributed by atoms with E-state index in [1.165, 1.54) is 11.3 Å². The zero-order chi connectivity index (χ0) is 16.4. The SMILES string of the molecule is Brc1cc2c(cc1C[NH+]1CCN(c3ccccc3)CC1)OCCO2. The molecule has 0 aliphatic carbocycles. The first-order chi connectivity index (χ1) is 11.8. The number of para-hydroxylation sites is 1. The number of quaternary nitrogens is 1. The Hall–Kier alpha value is -1.72. The molecule has 2 aromatic carbocycles. The third-order valence-electron chi connectivity index (χ3n) is 4.74. The molecule has 0 saturated carbocycles. The van der Waals surface area contributed by atoms with E-state index in [-0.39, 0.29) is 0 Å². The number of benzene rings is 2. The molecular weight excluding hydrogens is 368 g/mol. The van der Waals surface area contributed by atoms with Gasteiger partial charge in [0.05, 0.1) is 26.2 Å². The van der Waals surface area contributed by atoms with Crippen LogP contribution in [0.1, 0.15) is 5.56 Å². The summed E-state index contributed by atoms with van der Waals surface area (Å²) >= 11 is 3.69. The van der Waals surface area contributed by atoms with Gasteiger partial charge in [-0.25, -0.2) is 0 Å². The van der Waals surface area contributed by atoms with Crippen molar-refractivity contribution in [3.8, 4) is 11.5 Å². The smallest absolute Gasteiger partial charge is 0.162 e. The zero-order valence-electron chi connectivity index (χ0n) is 13.6. The van der Waals surface area contributed by atoms with Gasteiger partial charge in [0.1, 0.15) is 19.8 Å². The van der Waals surface area contributed by atoms with E-state index in [0.29, 0.717) is 13.2 Å². The quantitative estimate of drug-likeness (QED) is 0.870. The van der Waals surface area contributed by atoms with Crippen molar-refractivity contribution in [3.63, 3.8) is 0 Å². The van der Waals surface area contributed by atoms with E-state index in [1.54, 1.807) is 4.90 Å². The summed E-state index contributed by atoms with van der Waals surface area (Å²) in [5, 5.41) is 0. The van der Waals surface area contributed by atoms with Crippen LogP contribution < -0.4 is 19.3 Å². The first kappa shape index (κ1) is 15.8. The molecule has 2 aromatic rings. The fourth-order valence-corrected chi connectivity index (χ4v) is 3.87. The Morgan fingerprint density at radius 3 is 2.33 bits per heavy atom. The highest BCUT2D eigenvalue weighted by molar-refractivity contribution is 9.10. The molecule has 126 valence electrons. The molecule has 24 heavy (non-hydrogen) atoms. The number of hydrogen-bond acceptors (Lipinski definition) is 3. The van der Waals surface area contributed by atoms with Crippen molar-refractivity contribution < 1.29 is 14.4 Å². The maximum atomic E-state index is 5.72. The average molecular weight is 390 g/mol. The van der Waals surface area contributed by atoms with Gasteiger partial charge in [0.25, 0.3) is 0 Å². The Kier molecular flexibility index (Phi) is 4.63. The number of nitrogens with zero attached hydrogens (tertiary/aromatic N) is 1. The lowest BCUT2D eigenvalue weighted by molar-refractivity contribution is -0.914. The van der Waals surface area contributed by atoms with Gasteiger partial charge < -0.3 is 19.3 Å². The molecule has 1 fully saturated rings. The van der Waals surface area contributed by atoms with Gasteiger partial charge in [0, 0.05) is 15.7 Å². The summed E-state index contributed by atoms with van der Waals surface area (Å²) in [6.07, 6.45) is 0. The summed E-state index contributed by atoms with van der Waals surface area (Å²) in [6.45, 7) is 6.77. The number of rotatable bonds is 3. The van der Waals surface area contributed by atoms with Gasteiger partial charge in [-0.1, -0.05) is 34.1 Å². The minimum atomic E-state index is 0.630. The molecule has 4 nitrogen and oxygen atoms in total. The lowest BCUT2D eigenvalue weighted by atomic mass is 10.1. The van der Waals surface area contributed by atoms with Crippen molar-refractivity contribution in [1.82, 2.24) is 0 Å². The Bertz CT molecular complexity index is 700. The number of hydrogen-bond donors (Lipinski definition) is 1. The van der Waals surface area contributed by atoms with Crippen molar-refractivity contribution in [1.29, 1.82) is 0 Å². The number of nitrogens with one attached hydrogen (secondary N) is 1.